The number of hydrogen-bond acceptors (Lipinski definition) is 3. The Morgan fingerprint density at radius 1 is 1.32 bits per heavy atom. The number of aliphatic hydroxyl groups excluding tert-OH is 1. The lowest BCUT2D eigenvalue weighted by atomic mass is 10.00. The van der Waals surface area contributed by atoms with Crippen LogP contribution in [0.25, 0.3) is 0 Å². The first-order valence-corrected chi connectivity index (χ1v) is 6.83. The van der Waals surface area contributed by atoms with E-state index >= 15 is 0 Å². The number of carboxylic acid groups (broad SMARTS) is 1. The second kappa shape index (κ2) is 4.53. The molecule has 3 rings (SSSR count). The van der Waals surface area contributed by atoms with Crippen molar-refractivity contribution in [1.29, 1.82) is 0 Å². The monoisotopic (exact) mass is 261 g/mol. The van der Waals surface area contributed by atoms with Gasteiger partial charge in [0, 0.05) is 19.0 Å². The fraction of sp³-hybridized carbons (Fsp3) is 0.533. The van der Waals surface area contributed by atoms with Crippen molar-refractivity contribution in [2.24, 2.45) is 11.8 Å². The standard InChI is InChI=1S/C15H19NO3/c1-9-2-4-13(11(6-9)15(18)19)16-7-10-3-5-14(17)12(10)8-16/h2,4,6,10,12,14,17H,3,5,7-8H2,1H3,(H,18,19). The third-order valence-electron chi connectivity index (χ3n) is 4.54. The van der Waals surface area contributed by atoms with Gasteiger partial charge in [-0.2, -0.15) is 0 Å². The van der Waals surface area contributed by atoms with Crippen LogP contribution in [0.1, 0.15) is 28.8 Å². The summed E-state index contributed by atoms with van der Waals surface area (Å²) in [4.78, 5) is 13.5. The molecular formula is C15H19NO3. The van der Waals surface area contributed by atoms with E-state index in [-0.39, 0.29) is 6.10 Å². The molecule has 4 nitrogen and oxygen atoms in total. The molecule has 0 radical (unpaired) electrons. The Bertz CT molecular complexity index is 514. The van der Waals surface area contributed by atoms with Crippen molar-refractivity contribution < 1.29 is 15.0 Å². The van der Waals surface area contributed by atoms with Gasteiger partial charge in [0.2, 0.25) is 0 Å². The van der Waals surface area contributed by atoms with Gasteiger partial charge in [-0.15, -0.1) is 0 Å². The van der Waals surface area contributed by atoms with Crippen LogP contribution in [-0.2, 0) is 0 Å². The van der Waals surface area contributed by atoms with Crippen LogP contribution >= 0.6 is 0 Å². The molecule has 19 heavy (non-hydrogen) atoms. The molecule has 0 amide bonds. The van der Waals surface area contributed by atoms with Crippen LogP contribution in [-0.4, -0.2) is 35.4 Å². The van der Waals surface area contributed by atoms with Crippen molar-refractivity contribution in [2.45, 2.75) is 25.9 Å². The summed E-state index contributed by atoms with van der Waals surface area (Å²) in [6, 6.07) is 5.57. The Hall–Kier alpha value is -1.55. The highest BCUT2D eigenvalue weighted by Crippen LogP contribution is 2.40. The van der Waals surface area contributed by atoms with Gasteiger partial charge in [-0.05, 0) is 37.8 Å². The molecule has 1 aliphatic heterocycles. The number of nitrogens with zero attached hydrogens (tertiary/aromatic N) is 1. The molecule has 4 heteroatoms. The lowest BCUT2D eigenvalue weighted by molar-refractivity contribution is 0.0697. The second-order valence-corrected chi connectivity index (χ2v) is 5.80. The van der Waals surface area contributed by atoms with Gasteiger partial charge in [-0.25, -0.2) is 4.79 Å². The molecule has 1 saturated carbocycles. The Labute approximate surface area is 112 Å². The van der Waals surface area contributed by atoms with Gasteiger partial charge in [0.05, 0.1) is 17.4 Å². The SMILES string of the molecule is Cc1ccc(N2CC3CCC(O)C3C2)c(C(=O)O)c1. The van der Waals surface area contributed by atoms with Crippen molar-refractivity contribution >= 4 is 11.7 Å². The number of carbonyl (C=O) groups is 1. The molecule has 2 N–H and O–H groups in total. The minimum Gasteiger partial charge on any atom is -0.478 e. The van der Waals surface area contributed by atoms with Crippen LogP contribution in [0.3, 0.4) is 0 Å². The van der Waals surface area contributed by atoms with E-state index in [0.29, 0.717) is 17.4 Å². The number of aryl methyl sites for hydroxylation is 1. The van der Waals surface area contributed by atoms with Gasteiger partial charge in [-0.1, -0.05) is 11.6 Å². The topological polar surface area (TPSA) is 60.8 Å². The van der Waals surface area contributed by atoms with Crippen molar-refractivity contribution in [3.8, 4) is 0 Å². The quantitative estimate of drug-likeness (QED) is 0.853. The minimum absolute atomic E-state index is 0.214. The molecule has 1 aromatic rings. The highest BCUT2D eigenvalue weighted by molar-refractivity contribution is 5.94. The summed E-state index contributed by atoms with van der Waals surface area (Å²) in [5, 5.41) is 19.3. The molecule has 2 fully saturated rings. The normalized spacial score (nSPS) is 29.6. The van der Waals surface area contributed by atoms with E-state index in [9.17, 15) is 15.0 Å². The third-order valence-corrected chi connectivity index (χ3v) is 4.54. The van der Waals surface area contributed by atoms with Gasteiger partial charge in [0.1, 0.15) is 0 Å². The molecule has 102 valence electrons. The Kier molecular flexibility index (Phi) is 2.97. The maximum Gasteiger partial charge on any atom is 0.337 e. The zero-order chi connectivity index (χ0) is 13.6. The van der Waals surface area contributed by atoms with E-state index in [1.165, 1.54) is 0 Å². The Balaban J connectivity index is 1.90. The highest BCUT2D eigenvalue weighted by Gasteiger charge is 2.42. The van der Waals surface area contributed by atoms with Gasteiger partial charge >= 0.3 is 5.97 Å². The van der Waals surface area contributed by atoms with Gasteiger partial charge in [0.25, 0.3) is 0 Å². The fourth-order valence-electron chi connectivity index (χ4n) is 3.53. The summed E-state index contributed by atoms with van der Waals surface area (Å²) >= 11 is 0. The van der Waals surface area contributed by atoms with Gasteiger partial charge < -0.3 is 15.1 Å². The molecule has 0 aromatic heterocycles. The van der Waals surface area contributed by atoms with Crippen molar-refractivity contribution in [3.05, 3.63) is 29.3 Å². The summed E-state index contributed by atoms with van der Waals surface area (Å²) in [6.45, 7) is 3.54. The molecule has 0 bridgehead atoms. The summed E-state index contributed by atoms with van der Waals surface area (Å²) < 4.78 is 0. The summed E-state index contributed by atoms with van der Waals surface area (Å²) in [5.74, 6) is -0.0581. The predicted molar refractivity (Wildman–Crippen MR) is 72.6 cm³/mol. The van der Waals surface area contributed by atoms with Gasteiger partial charge in [0.15, 0.2) is 0 Å². The van der Waals surface area contributed by atoms with E-state index in [2.05, 4.69) is 4.90 Å². The number of anilines is 1. The van der Waals surface area contributed by atoms with Gasteiger partial charge in [-0.3, -0.25) is 0 Å². The van der Waals surface area contributed by atoms with Crippen LogP contribution in [0.15, 0.2) is 18.2 Å². The molecule has 2 aliphatic rings. The van der Waals surface area contributed by atoms with E-state index in [0.717, 1.165) is 37.2 Å². The average Bonchev–Trinajstić information content (AvgIpc) is 2.92. The first-order valence-electron chi connectivity index (χ1n) is 6.83. The molecule has 1 aliphatic carbocycles. The van der Waals surface area contributed by atoms with Crippen LogP contribution in [0.4, 0.5) is 5.69 Å². The number of rotatable bonds is 2. The number of carboxylic acids is 1. The fourth-order valence-corrected chi connectivity index (χ4v) is 3.53. The second-order valence-electron chi connectivity index (χ2n) is 5.80. The average molecular weight is 261 g/mol. The molecule has 3 atom stereocenters. The molecule has 0 spiro atoms. The molecular weight excluding hydrogens is 242 g/mol. The van der Waals surface area contributed by atoms with E-state index < -0.39 is 5.97 Å². The van der Waals surface area contributed by atoms with E-state index in [1.54, 1.807) is 6.07 Å². The Morgan fingerprint density at radius 3 is 2.79 bits per heavy atom. The van der Waals surface area contributed by atoms with E-state index in [1.807, 2.05) is 19.1 Å². The molecule has 1 saturated heterocycles. The van der Waals surface area contributed by atoms with Crippen LogP contribution in [0.2, 0.25) is 0 Å². The maximum absolute atomic E-state index is 11.4. The first-order chi connectivity index (χ1) is 9.06. The number of aliphatic hydroxyl groups is 1. The first kappa shape index (κ1) is 12.5. The molecule has 1 heterocycles. The van der Waals surface area contributed by atoms with Crippen molar-refractivity contribution in [3.63, 3.8) is 0 Å². The molecule has 1 aromatic carbocycles. The van der Waals surface area contributed by atoms with Crippen LogP contribution in [0.5, 0.6) is 0 Å². The van der Waals surface area contributed by atoms with E-state index in [4.69, 9.17) is 0 Å². The third kappa shape index (κ3) is 2.10. The zero-order valence-corrected chi connectivity index (χ0v) is 11.0. The van der Waals surface area contributed by atoms with Crippen LogP contribution < -0.4 is 4.90 Å². The highest BCUT2D eigenvalue weighted by atomic mass is 16.4. The summed E-state index contributed by atoms with van der Waals surface area (Å²) in [7, 11) is 0. The zero-order valence-electron chi connectivity index (χ0n) is 11.0. The number of benzene rings is 1. The van der Waals surface area contributed by atoms with Crippen LogP contribution in [0, 0.1) is 18.8 Å². The lowest BCUT2D eigenvalue weighted by Gasteiger charge is -2.22. The maximum atomic E-state index is 11.4. The number of aromatic carboxylic acids is 1. The lowest BCUT2D eigenvalue weighted by Crippen LogP contribution is -2.26. The summed E-state index contributed by atoms with van der Waals surface area (Å²) in [5.41, 5.74) is 2.12. The number of fused-ring (bicyclic) bond motifs is 1. The Morgan fingerprint density at radius 2 is 2.11 bits per heavy atom. The molecule has 3 unspecified atom stereocenters. The summed E-state index contributed by atoms with van der Waals surface area (Å²) in [6.07, 6.45) is 1.73. The number of hydrogen-bond donors (Lipinski definition) is 2. The largest absolute Gasteiger partial charge is 0.478 e. The predicted octanol–water partition coefficient (Wildman–Crippen LogP) is 1.90. The van der Waals surface area contributed by atoms with Crippen molar-refractivity contribution in [2.75, 3.05) is 18.0 Å². The van der Waals surface area contributed by atoms with Crippen molar-refractivity contribution in [1.82, 2.24) is 0 Å². The smallest absolute Gasteiger partial charge is 0.337 e. The minimum atomic E-state index is -0.878.